The molecule has 2 aliphatic rings. The second-order valence-electron chi connectivity index (χ2n) is 7.83. The zero-order valence-electron chi connectivity index (χ0n) is 17.8. The fourth-order valence-corrected chi connectivity index (χ4v) is 5.40. The number of halogens is 2. The van der Waals surface area contributed by atoms with E-state index in [0.29, 0.717) is 23.1 Å². The van der Waals surface area contributed by atoms with Gasteiger partial charge in [-0.25, -0.2) is 8.70 Å². The number of anilines is 2. The van der Waals surface area contributed by atoms with Gasteiger partial charge in [0, 0.05) is 42.1 Å². The molecule has 0 bridgehead atoms. The van der Waals surface area contributed by atoms with Crippen LogP contribution in [0.5, 0.6) is 0 Å². The van der Waals surface area contributed by atoms with E-state index in [1.165, 1.54) is 24.4 Å². The number of nitrogens with zero attached hydrogens (tertiary/aromatic N) is 4. The van der Waals surface area contributed by atoms with Gasteiger partial charge in [0.25, 0.3) is 0 Å². The molecule has 0 radical (unpaired) electrons. The molecule has 11 heteroatoms. The van der Waals surface area contributed by atoms with Crippen molar-refractivity contribution < 1.29 is 22.1 Å². The molecule has 1 aromatic heterocycles. The summed E-state index contributed by atoms with van der Waals surface area (Å²) in [6.07, 6.45) is 4.51. The molecule has 176 valence electrons. The van der Waals surface area contributed by atoms with Crippen molar-refractivity contribution >= 4 is 50.4 Å². The largest absolute Gasteiger partial charge is 0.378 e. The van der Waals surface area contributed by atoms with Crippen LogP contribution in [0.25, 0.3) is 10.9 Å². The monoisotopic (exact) mass is 502 g/mol. The highest BCUT2D eigenvalue weighted by molar-refractivity contribution is 7.87. The highest BCUT2D eigenvalue weighted by Crippen LogP contribution is 2.45. The Balaban J connectivity index is 1.62. The maximum atomic E-state index is 13.5. The fraction of sp³-hybridized carbons (Fsp3) is 0.217. The van der Waals surface area contributed by atoms with Gasteiger partial charge in [0.1, 0.15) is 5.82 Å². The first-order chi connectivity index (χ1) is 16.3. The molecule has 2 aliphatic heterocycles. The number of hydrogen-bond donors (Lipinski definition) is 1. The molecular formula is C23H20ClFN4O4S. The molecule has 3 heterocycles. The third kappa shape index (κ3) is 4.03. The van der Waals surface area contributed by atoms with Gasteiger partial charge in [0.05, 0.1) is 30.1 Å². The lowest BCUT2D eigenvalue weighted by Gasteiger charge is -2.32. The molecule has 8 nitrogen and oxygen atoms in total. The smallest absolute Gasteiger partial charge is 0.364 e. The lowest BCUT2D eigenvalue weighted by Crippen LogP contribution is -2.37. The molecule has 0 aliphatic carbocycles. The Morgan fingerprint density at radius 3 is 2.56 bits per heavy atom. The first-order valence-electron chi connectivity index (χ1n) is 10.5. The van der Waals surface area contributed by atoms with E-state index < -0.39 is 21.1 Å². The van der Waals surface area contributed by atoms with Crippen molar-refractivity contribution in [1.29, 1.82) is 0 Å². The van der Waals surface area contributed by atoms with E-state index in [1.807, 2.05) is 12.1 Å². The van der Waals surface area contributed by atoms with Crippen molar-refractivity contribution in [2.24, 2.45) is 4.99 Å². The number of rotatable bonds is 5. The molecule has 1 N–H and O–H groups in total. The van der Waals surface area contributed by atoms with E-state index in [2.05, 4.69) is 14.9 Å². The van der Waals surface area contributed by atoms with Crippen LogP contribution < -0.4 is 9.21 Å². The van der Waals surface area contributed by atoms with Gasteiger partial charge in [-0.2, -0.15) is 8.42 Å². The van der Waals surface area contributed by atoms with Gasteiger partial charge in [-0.3, -0.25) is 14.5 Å². The molecule has 5 rings (SSSR count). The Morgan fingerprint density at radius 2 is 1.85 bits per heavy atom. The van der Waals surface area contributed by atoms with E-state index in [9.17, 15) is 17.4 Å². The number of allylic oxidation sites excluding steroid dienone is 1. The second-order valence-corrected chi connectivity index (χ2v) is 9.64. The number of ether oxygens (including phenoxy) is 1. The molecule has 1 saturated heterocycles. The van der Waals surface area contributed by atoms with Crippen LogP contribution in [0, 0.1) is 5.82 Å². The van der Waals surface area contributed by atoms with Crippen LogP contribution in [0.4, 0.5) is 15.8 Å². The van der Waals surface area contributed by atoms with Gasteiger partial charge in [-0.15, -0.1) is 0 Å². The maximum Gasteiger partial charge on any atom is 0.364 e. The van der Waals surface area contributed by atoms with Gasteiger partial charge < -0.3 is 9.64 Å². The van der Waals surface area contributed by atoms with Crippen LogP contribution in [-0.4, -0.2) is 50.5 Å². The van der Waals surface area contributed by atoms with Gasteiger partial charge in [0.15, 0.2) is 5.00 Å². The molecule has 3 aromatic rings. The molecule has 0 saturated carbocycles. The highest BCUT2D eigenvalue weighted by atomic mass is 35.5. The van der Waals surface area contributed by atoms with Gasteiger partial charge in [-0.1, -0.05) is 17.7 Å². The average Bonchev–Trinajstić information content (AvgIpc) is 3.21. The summed E-state index contributed by atoms with van der Waals surface area (Å²) < 4.78 is 54.4. The van der Waals surface area contributed by atoms with Crippen LogP contribution >= 0.6 is 11.6 Å². The summed E-state index contributed by atoms with van der Waals surface area (Å²) in [6.45, 7) is 2.67. The molecule has 0 spiro atoms. The minimum atomic E-state index is -4.82. The van der Waals surface area contributed by atoms with Crippen LogP contribution in [0.2, 0.25) is 0 Å². The van der Waals surface area contributed by atoms with Crippen molar-refractivity contribution in [2.45, 2.75) is 5.00 Å². The molecule has 1 fully saturated rings. The quantitative estimate of drug-likeness (QED) is 0.323. The van der Waals surface area contributed by atoms with Crippen molar-refractivity contribution in [2.75, 3.05) is 35.5 Å². The van der Waals surface area contributed by atoms with E-state index in [-0.39, 0.29) is 11.4 Å². The maximum absolute atomic E-state index is 13.5. The number of fused-ring (bicyclic) bond motifs is 1. The molecule has 1 atom stereocenters. The Morgan fingerprint density at radius 1 is 1.12 bits per heavy atom. The summed E-state index contributed by atoms with van der Waals surface area (Å²) in [5.41, 5.74) is 2.18. The van der Waals surface area contributed by atoms with Gasteiger partial charge in [0.2, 0.25) is 0 Å². The van der Waals surface area contributed by atoms with Crippen LogP contribution in [0.1, 0.15) is 5.56 Å². The summed E-state index contributed by atoms with van der Waals surface area (Å²) in [4.78, 5) is 9.32. The zero-order valence-corrected chi connectivity index (χ0v) is 19.4. The van der Waals surface area contributed by atoms with Gasteiger partial charge >= 0.3 is 10.3 Å². The Labute approximate surface area is 200 Å². The van der Waals surface area contributed by atoms with E-state index >= 15 is 0 Å². The van der Waals surface area contributed by atoms with Crippen LogP contribution in [0.15, 0.2) is 71.5 Å². The topological polar surface area (TPSA) is 95.3 Å². The summed E-state index contributed by atoms with van der Waals surface area (Å²) in [5, 5.41) is 0.823. The zero-order chi connectivity index (χ0) is 23.9. The predicted molar refractivity (Wildman–Crippen MR) is 129 cm³/mol. The van der Waals surface area contributed by atoms with Crippen molar-refractivity contribution in [3.05, 3.63) is 77.9 Å². The van der Waals surface area contributed by atoms with Crippen molar-refractivity contribution in [3.63, 3.8) is 0 Å². The standard InChI is InChI=1S/C23H20ClFN4O4S/c24-23(22(8-10-27-23)29(34(30,31)32)18-4-2-17(25)3-5-18)16-1-6-20-19(15-16)21(7-9-26-20)28-11-13-33-14-12-28/h1-10,15H,11-14H2,(H,30,31,32). The normalized spacial score (nSPS) is 20.6. The predicted octanol–water partition coefficient (Wildman–Crippen LogP) is 3.88. The van der Waals surface area contributed by atoms with Gasteiger partial charge in [-0.05, 0) is 48.5 Å². The second kappa shape index (κ2) is 8.62. The first kappa shape index (κ1) is 22.7. The summed E-state index contributed by atoms with van der Waals surface area (Å²) in [6, 6.07) is 11.9. The Bertz CT molecular complexity index is 1410. The number of aliphatic imine (C=N–C) groups is 1. The SMILES string of the molecule is O=S(=O)(O)N(C1=CC=NC1(Cl)c1ccc2nccc(N3CCOCC3)c2c1)c1ccc(F)cc1. The van der Waals surface area contributed by atoms with E-state index in [4.69, 9.17) is 16.3 Å². The molecule has 1 unspecified atom stereocenters. The minimum Gasteiger partial charge on any atom is -0.378 e. The number of pyridine rings is 1. The third-order valence-corrected chi connectivity index (χ3v) is 7.17. The van der Waals surface area contributed by atoms with Crippen molar-refractivity contribution in [1.82, 2.24) is 4.98 Å². The number of benzene rings is 2. The fourth-order valence-electron chi connectivity index (χ4n) is 4.20. The number of hydrogen-bond acceptors (Lipinski definition) is 6. The summed E-state index contributed by atoms with van der Waals surface area (Å²) in [5.74, 6) is -0.550. The number of aromatic nitrogens is 1. The number of morpholine rings is 1. The molecule has 2 aromatic carbocycles. The van der Waals surface area contributed by atoms with Crippen molar-refractivity contribution in [3.8, 4) is 0 Å². The number of alkyl halides is 1. The summed E-state index contributed by atoms with van der Waals surface area (Å²) in [7, 11) is -4.82. The van der Waals surface area contributed by atoms with E-state index in [0.717, 1.165) is 41.8 Å². The lowest BCUT2D eigenvalue weighted by atomic mass is 10.0. The molecular weight excluding hydrogens is 483 g/mol. The minimum absolute atomic E-state index is 0.0144. The molecule has 34 heavy (non-hydrogen) atoms. The lowest BCUT2D eigenvalue weighted by molar-refractivity contribution is 0.123. The first-order valence-corrected chi connectivity index (χ1v) is 12.2. The van der Waals surface area contributed by atoms with E-state index in [1.54, 1.807) is 18.3 Å². The summed E-state index contributed by atoms with van der Waals surface area (Å²) >= 11 is 6.97. The van der Waals surface area contributed by atoms with Crippen LogP contribution in [0.3, 0.4) is 0 Å². The highest BCUT2D eigenvalue weighted by Gasteiger charge is 2.43. The van der Waals surface area contributed by atoms with Crippen LogP contribution in [-0.2, 0) is 20.0 Å². The Kier molecular flexibility index (Phi) is 5.76. The molecule has 0 amide bonds. The third-order valence-electron chi connectivity index (χ3n) is 5.79. The average molecular weight is 503 g/mol. The Hall–Kier alpha value is -3.05.